The van der Waals surface area contributed by atoms with E-state index in [-0.39, 0.29) is 17.8 Å². The normalized spacial score (nSPS) is 18.4. The highest BCUT2D eigenvalue weighted by atomic mass is 19.1. The molecule has 13 nitrogen and oxygen atoms in total. The molecule has 2 aliphatic heterocycles. The van der Waals surface area contributed by atoms with Gasteiger partial charge in [-0.05, 0) is 63.2 Å². The van der Waals surface area contributed by atoms with Gasteiger partial charge in [-0.25, -0.2) is 23.9 Å². The minimum atomic E-state index is -0.857. The number of carbonyl (C=O) groups excluding carboxylic acids is 1. The fraction of sp³-hybridized carbons (Fsp3) is 0.324. The molecule has 7 rings (SSSR count). The maximum atomic E-state index is 15.2. The van der Waals surface area contributed by atoms with Crippen LogP contribution in [0.1, 0.15) is 24.8 Å². The molecular weight excluding hydrogens is 619 g/mol. The second kappa shape index (κ2) is 13.4. The number of hydrogen-bond donors (Lipinski definition) is 2. The molecule has 0 aliphatic carbocycles. The molecule has 0 spiro atoms. The van der Waals surface area contributed by atoms with E-state index in [2.05, 4.69) is 30.7 Å². The van der Waals surface area contributed by atoms with Gasteiger partial charge in [0.1, 0.15) is 47.6 Å². The molecule has 5 aromatic rings. The van der Waals surface area contributed by atoms with E-state index in [0.717, 1.165) is 24.9 Å². The Hall–Kier alpha value is -5.34. The fourth-order valence-electron chi connectivity index (χ4n) is 5.90. The average molecular weight is 655 g/mol. The maximum absolute atomic E-state index is 15.2. The minimum absolute atomic E-state index is 0.129. The third-order valence-electron chi connectivity index (χ3n) is 8.53. The average Bonchev–Trinajstić information content (AvgIpc) is 3.86. The van der Waals surface area contributed by atoms with Crippen LogP contribution in [0.4, 0.5) is 21.6 Å². The number of methoxy groups -OCH3 is 1. The first-order valence-corrected chi connectivity index (χ1v) is 15.7. The Morgan fingerprint density at radius 3 is 2.75 bits per heavy atom. The molecule has 2 aliphatic rings. The highest BCUT2D eigenvalue weighted by Gasteiger charge is 2.24. The van der Waals surface area contributed by atoms with E-state index in [0.29, 0.717) is 70.7 Å². The lowest BCUT2D eigenvalue weighted by molar-refractivity contribution is -0.114. The molecule has 5 heterocycles. The molecule has 14 heteroatoms. The summed E-state index contributed by atoms with van der Waals surface area (Å²) in [6.07, 6.45) is 8.29. The number of carbonyl (C=O) groups is 1. The van der Waals surface area contributed by atoms with Crippen molar-refractivity contribution < 1.29 is 28.1 Å². The lowest BCUT2D eigenvalue weighted by Gasteiger charge is -2.19. The molecule has 2 fully saturated rings. The van der Waals surface area contributed by atoms with Crippen LogP contribution in [0.3, 0.4) is 0 Å². The fourth-order valence-corrected chi connectivity index (χ4v) is 5.90. The van der Waals surface area contributed by atoms with Gasteiger partial charge in [-0.3, -0.25) is 9.69 Å². The van der Waals surface area contributed by atoms with Crippen LogP contribution >= 0.6 is 0 Å². The topological polar surface area (TPSA) is 137 Å². The van der Waals surface area contributed by atoms with E-state index in [9.17, 15) is 4.79 Å². The van der Waals surface area contributed by atoms with Crippen LogP contribution in [0.25, 0.3) is 16.6 Å². The van der Waals surface area contributed by atoms with Crippen LogP contribution < -0.4 is 24.8 Å². The standard InChI is InChI=1S/C34H35FN8O5/c1-20-11-27(30(45-3)16-29(20)47-22-6-9-43-32(13-22)37-19-39-43)40-33-24-14-28(41-34(44)25(35)12-21-5-4-8-42(21)2)31(15-26(24)36-18-38-33)48-23-7-10-46-17-23/h6,9,11-16,18-19,21,23H,4-5,7-8,10,17H2,1-3H3,(H,41,44)(H,36,38,40)/b25-12-/t21-,23?/m1/s1. The van der Waals surface area contributed by atoms with Crippen molar-refractivity contribution in [1.82, 2.24) is 29.5 Å². The number of nitrogens with zero attached hydrogens (tertiary/aromatic N) is 6. The van der Waals surface area contributed by atoms with Gasteiger partial charge in [-0.2, -0.15) is 5.10 Å². The summed E-state index contributed by atoms with van der Waals surface area (Å²) in [4.78, 5) is 28.3. The first-order chi connectivity index (χ1) is 23.3. The molecule has 2 N–H and O–H groups in total. The Bertz CT molecular complexity index is 2010. The summed E-state index contributed by atoms with van der Waals surface area (Å²) in [7, 11) is 3.49. The van der Waals surface area contributed by atoms with Gasteiger partial charge in [0.2, 0.25) is 0 Å². The first-order valence-electron chi connectivity index (χ1n) is 15.7. The van der Waals surface area contributed by atoms with Gasteiger partial charge < -0.3 is 29.6 Å². The van der Waals surface area contributed by atoms with Crippen molar-refractivity contribution in [3.05, 3.63) is 72.7 Å². The molecule has 0 bridgehead atoms. The van der Waals surface area contributed by atoms with Crippen molar-refractivity contribution >= 4 is 39.6 Å². The van der Waals surface area contributed by atoms with Crippen LogP contribution in [-0.2, 0) is 9.53 Å². The minimum Gasteiger partial charge on any atom is -0.494 e. The Labute approximate surface area is 275 Å². The van der Waals surface area contributed by atoms with Gasteiger partial charge in [-0.1, -0.05) is 0 Å². The van der Waals surface area contributed by atoms with Crippen molar-refractivity contribution in [2.24, 2.45) is 0 Å². The van der Waals surface area contributed by atoms with Gasteiger partial charge >= 0.3 is 0 Å². The lowest BCUT2D eigenvalue weighted by atomic mass is 10.1. The van der Waals surface area contributed by atoms with Crippen LogP contribution in [-0.4, -0.2) is 81.4 Å². The van der Waals surface area contributed by atoms with E-state index in [1.54, 1.807) is 48.2 Å². The molecular formula is C34H35FN8O5. The molecule has 0 radical (unpaired) electrons. The Balaban J connectivity index is 1.19. The molecule has 0 saturated carbocycles. The Kier molecular flexibility index (Phi) is 8.74. The van der Waals surface area contributed by atoms with Crippen molar-refractivity contribution in [2.75, 3.05) is 44.5 Å². The number of aromatic nitrogens is 5. The van der Waals surface area contributed by atoms with Gasteiger partial charge in [0.05, 0.1) is 37.2 Å². The van der Waals surface area contributed by atoms with Crippen LogP contribution in [0.15, 0.2) is 67.2 Å². The van der Waals surface area contributed by atoms with Crippen LogP contribution in [0.5, 0.6) is 23.0 Å². The first kappa shape index (κ1) is 31.3. The van der Waals surface area contributed by atoms with Crippen molar-refractivity contribution in [3.63, 3.8) is 0 Å². The molecule has 48 heavy (non-hydrogen) atoms. The zero-order chi connectivity index (χ0) is 33.2. The highest BCUT2D eigenvalue weighted by Crippen LogP contribution is 2.39. The lowest BCUT2D eigenvalue weighted by Crippen LogP contribution is -2.24. The Morgan fingerprint density at radius 1 is 1.06 bits per heavy atom. The zero-order valence-corrected chi connectivity index (χ0v) is 26.8. The number of likely N-dealkylation sites (tertiary alicyclic amines) is 1. The number of benzene rings is 2. The number of hydrogen-bond acceptors (Lipinski definition) is 11. The summed E-state index contributed by atoms with van der Waals surface area (Å²) in [5, 5.41) is 10.8. The van der Waals surface area contributed by atoms with E-state index in [1.807, 2.05) is 24.9 Å². The smallest absolute Gasteiger partial charge is 0.284 e. The van der Waals surface area contributed by atoms with E-state index < -0.39 is 11.7 Å². The third-order valence-corrected chi connectivity index (χ3v) is 8.53. The largest absolute Gasteiger partial charge is 0.494 e. The number of ether oxygens (including phenoxy) is 4. The van der Waals surface area contributed by atoms with Crippen molar-refractivity contribution in [3.8, 4) is 23.0 Å². The molecule has 2 saturated heterocycles. The van der Waals surface area contributed by atoms with Crippen molar-refractivity contribution in [2.45, 2.75) is 38.3 Å². The number of rotatable bonds is 10. The SMILES string of the molecule is COc1cc(Oc2ccn3ncnc3c2)c(C)cc1Nc1ncnc2cc(OC3CCOC3)c(NC(=O)/C(F)=C/[C@H]3CCCN3C)cc12. The number of pyridine rings is 1. The summed E-state index contributed by atoms with van der Waals surface area (Å²) in [6.45, 7) is 3.77. The molecule has 2 atom stereocenters. The molecule has 1 amide bonds. The summed E-state index contributed by atoms with van der Waals surface area (Å²) >= 11 is 0. The van der Waals surface area contributed by atoms with Crippen LogP contribution in [0, 0.1) is 6.92 Å². The summed E-state index contributed by atoms with van der Waals surface area (Å²) in [6, 6.07) is 10.5. The molecule has 2 aromatic carbocycles. The third kappa shape index (κ3) is 6.57. The van der Waals surface area contributed by atoms with Crippen molar-refractivity contribution in [1.29, 1.82) is 0 Å². The summed E-state index contributed by atoms with van der Waals surface area (Å²) in [5.41, 5.74) is 2.96. The number of halogens is 1. The predicted octanol–water partition coefficient (Wildman–Crippen LogP) is 5.58. The summed E-state index contributed by atoms with van der Waals surface area (Å²) < 4.78 is 40.4. The number of nitrogens with one attached hydrogen (secondary N) is 2. The monoisotopic (exact) mass is 654 g/mol. The number of fused-ring (bicyclic) bond motifs is 2. The van der Waals surface area contributed by atoms with Gasteiger partial charge in [-0.15, -0.1) is 0 Å². The van der Waals surface area contributed by atoms with Gasteiger partial charge in [0.25, 0.3) is 5.91 Å². The summed E-state index contributed by atoms with van der Waals surface area (Å²) in [5.74, 6) is 0.793. The molecule has 248 valence electrons. The Morgan fingerprint density at radius 2 is 1.96 bits per heavy atom. The predicted molar refractivity (Wildman–Crippen MR) is 177 cm³/mol. The number of anilines is 3. The zero-order valence-electron chi connectivity index (χ0n) is 26.8. The number of amides is 1. The molecule has 1 unspecified atom stereocenters. The highest BCUT2D eigenvalue weighted by molar-refractivity contribution is 6.05. The van der Waals surface area contributed by atoms with E-state index in [4.69, 9.17) is 18.9 Å². The van der Waals surface area contributed by atoms with E-state index in [1.165, 1.54) is 18.7 Å². The quantitative estimate of drug-likeness (QED) is 0.183. The second-order valence-corrected chi connectivity index (χ2v) is 11.8. The van der Waals surface area contributed by atoms with Gasteiger partial charge in [0, 0.05) is 42.2 Å². The van der Waals surface area contributed by atoms with Gasteiger partial charge in [0.15, 0.2) is 11.5 Å². The maximum Gasteiger partial charge on any atom is 0.284 e. The van der Waals surface area contributed by atoms with Crippen LogP contribution in [0.2, 0.25) is 0 Å². The number of likely N-dealkylation sites (N-methyl/N-ethyl adjacent to an activating group) is 1. The molecule has 3 aromatic heterocycles. The number of aryl methyl sites for hydroxylation is 1. The second-order valence-electron chi connectivity index (χ2n) is 11.8. The van der Waals surface area contributed by atoms with E-state index >= 15 is 4.39 Å².